The van der Waals surface area contributed by atoms with Crippen molar-refractivity contribution in [3.63, 3.8) is 0 Å². The number of hydrogen-bond donors (Lipinski definition) is 15. The number of benzene rings is 3. The molecule has 101 heavy (non-hydrogen) atoms. The Bertz CT molecular complexity index is 3450. The molecule has 0 radical (unpaired) electrons. The van der Waals surface area contributed by atoms with Crippen molar-refractivity contribution in [3.05, 3.63) is 83.4 Å². The van der Waals surface area contributed by atoms with Gasteiger partial charge >= 0.3 is 0 Å². The van der Waals surface area contributed by atoms with Crippen LogP contribution < -0.4 is 82.7 Å². The Hall–Kier alpha value is -9.43. The van der Waals surface area contributed by atoms with E-state index in [0.29, 0.717) is 68.2 Å². The lowest BCUT2D eigenvalue weighted by molar-refractivity contribution is -0.144. The summed E-state index contributed by atoms with van der Waals surface area (Å²) in [5, 5.41) is 23.4. The minimum Gasteiger partial charge on any atom is -0.370 e. The van der Waals surface area contributed by atoms with Crippen molar-refractivity contribution in [2.75, 3.05) is 44.7 Å². The fraction of sp³-hybridized carbons (Fsp3) is 0.565. The Morgan fingerprint density at radius 2 is 1.14 bits per heavy atom. The SMILES string of the molecule is CSCC[C@@H](NC(=O)[C@H](CC(C)C)NC(=O)CNC(=O)[C@H](Cc1ccccc1)NC(=O)[C@@H](NC(=O)[C@H](CCC(N)=O)NC(=O)[C@H](CCC(N)=O)NC(=O)[C@@H]1CCCN1C(=O)[C@H](CCCCN)NC(=O)[C@@H]1CCCN1C(=O)[C@@H](N)CCCN=C(N)N)C1CCc2cc3ccccc3cc21)C(N)=O. The van der Waals surface area contributed by atoms with Crippen molar-refractivity contribution >= 4 is 105 Å². The number of primary amides is 3. The van der Waals surface area contributed by atoms with Crippen molar-refractivity contribution in [2.24, 2.45) is 51.0 Å². The lowest BCUT2D eigenvalue weighted by Crippen LogP contribution is -2.61. The molecule has 13 amide bonds. The van der Waals surface area contributed by atoms with Crippen LogP contribution >= 0.6 is 11.8 Å². The highest BCUT2D eigenvalue weighted by atomic mass is 32.2. The van der Waals surface area contributed by atoms with Crippen LogP contribution in [0.2, 0.25) is 0 Å². The van der Waals surface area contributed by atoms with Gasteiger partial charge in [-0.25, -0.2) is 0 Å². The Labute approximate surface area is 592 Å². The zero-order chi connectivity index (χ0) is 73.9. The molecule has 3 aromatic carbocycles. The number of carbonyl (C=O) groups is 13. The van der Waals surface area contributed by atoms with Crippen LogP contribution in [0.1, 0.15) is 139 Å². The largest absolute Gasteiger partial charge is 0.370 e. The molecular formula is C69H102N18O13S. The van der Waals surface area contributed by atoms with Gasteiger partial charge in [0.25, 0.3) is 0 Å². The summed E-state index contributed by atoms with van der Waals surface area (Å²) in [7, 11) is 0. The molecule has 1 aliphatic carbocycles. The van der Waals surface area contributed by atoms with Gasteiger partial charge in [0, 0.05) is 44.8 Å². The van der Waals surface area contributed by atoms with Gasteiger partial charge in [-0.2, -0.15) is 11.8 Å². The van der Waals surface area contributed by atoms with Crippen LogP contribution in [0.5, 0.6) is 0 Å². The quantitative estimate of drug-likeness (QED) is 0.0165. The predicted molar refractivity (Wildman–Crippen MR) is 380 cm³/mol. The second kappa shape index (κ2) is 40.1. The van der Waals surface area contributed by atoms with Crippen LogP contribution in [0.15, 0.2) is 71.7 Å². The molecule has 2 saturated heterocycles. The number of likely N-dealkylation sites (tertiary alicyclic amines) is 2. The number of carbonyl (C=O) groups excluding carboxylic acids is 13. The normalized spacial score (nSPS) is 17.9. The number of amides is 13. The maximum Gasteiger partial charge on any atom is 0.245 e. The van der Waals surface area contributed by atoms with E-state index in [1.54, 1.807) is 30.3 Å². The first kappa shape index (κ1) is 80.5. The highest BCUT2D eigenvalue weighted by Crippen LogP contribution is 2.38. The molecule has 22 N–H and O–H groups in total. The van der Waals surface area contributed by atoms with Gasteiger partial charge in [-0.3, -0.25) is 67.3 Å². The van der Waals surface area contributed by atoms with Crippen molar-refractivity contribution in [1.82, 2.24) is 52.3 Å². The average molecular weight is 1420 g/mol. The molecule has 3 aliphatic rings. The Balaban J connectivity index is 1.24. The van der Waals surface area contributed by atoms with E-state index < -0.39 is 175 Å². The van der Waals surface area contributed by atoms with Crippen LogP contribution in [0, 0.1) is 5.92 Å². The maximum absolute atomic E-state index is 15.3. The third-order valence-electron chi connectivity index (χ3n) is 18.2. The highest BCUT2D eigenvalue weighted by molar-refractivity contribution is 7.98. The van der Waals surface area contributed by atoms with Gasteiger partial charge in [0.15, 0.2) is 5.96 Å². The standard InChI is InChI=1S/C69H102N18O13S/c1-39(2)34-51(63(95)80-47(59(74)91)28-33-101-3)79-57(90)38-78-60(92)52(35-40-14-5-4-6-15-40)84-66(98)58(44-23-22-43-36-41-16-7-8-17-42(41)37-45(43)44)85-62(94)49(25-27-56(73)89)81-61(93)48(24-26-55(72)88)82-64(96)54-21-13-32-87(54)68(100)50(19-9-10-29-70)83-65(97)53-20-12-31-86(53)67(99)46(71)18-11-30-77-69(75)76/h4-8,14-17,36-37,39,44,46-54,58H,9-13,18-35,38,70-71H2,1-3H3,(H2,72,88)(H2,73,89)(H2,74,91)(H,78,92)(H,79,90)(H,80,95)(H,81,93)(H,82,96)(H,83,97)(H,84,98)(H,85,94)(H4,75,76,77)/t44?,46-,47+,48-,49-,50-,51-,52-,53-,54-,58-/m0/s1. The number of guanidine groups is 1. The van der Waals surface area contributed by atoms with Crippen molar-refractivity contribution in [3.8, 4) is 0 Å². The summed E-state index contributed by atoms with van der Waals surface area (Å²) in [6.07, 6.45) is 4.07. The summed E-state index contributed by atoms with van der Waals surface area (Å²) >= 11 is 1.46. The predicted octanol–water partition coefficient (Wildman–Crippen LogP) is -2.07. The van der Waals surface area contributed by atoms with Gasteiger partial charge in [-0.1, -0.05) is 80.6 Å². The smallest absolute Gasteiger partial charge is 0.245 e. The molecular weight excluding hydrogens is 1320 g/mol. The third kappa shape index (κ3) is 24.7. The number of nitrogens with zero attached hydrogens (tertiary/aromatic N) is 3. The van der Waals surface area contributed by atoms with E-state index in [2.05, 4.69) is 47.5 Å². The Morgan fingerprint density at radius 1 is 0.574 bits per heavy atom. The summed E-state index contributed by atoms with van der Waals surface area (Å²) in [6.45, 7) is 3.88. The number of unbranched alkanes of at least 4 members (excludes halogenated alkanes) is 1. The molecule has 0 aromatic heterocycles. The molecule has 552 valence electrons. The van der Waals surface area contributed by atoms with E-state index in [0.717, 1.165) is 16.3 Å². The van der Waals surface area contributed by atoms with Gasteiger partial charge in [0.05, 0.1) is 12.6 Å². The summed E-state index contributed by atoms with van der Waals surface area (Å²) < 4.78 is 0. The summed E-state index contributed by atoms with van der Waals surface area (Å²) in [6, 6.07) is 7.56. The molecule has 2 fully saturated rings. The molecule has 31 nitrogen and oxygen atoms in total. The van der Waals surface area contributed by atoms with Gasteiger partial charge < -0.3 is 92.5 Å². The zero-order valence-electron chi connectivity index (χ0n) is 57.8. The minimum absolute atomic E-state index is 0.0723. The van der Waals surface area contributed by atoms with Gasteiger partial charge in [-0.15, -0.1) is 0 Å². The molecule has 3 aromatic rings. The fourth-order valence-corrected chi connectivity index (χ4v) is 13.4. The second-order valence-corrected chi connectivity index (χ2v) is 27.4. The number of nitrogens with one attached hydrogen (secondary N) is 8. The lowest BCUT2D eigenvalue weighted by atomic mass is 9.90. The number of aryl methyl sites for hydroxylation is 1. The van der Waals surface area contributed by atoms with Crippen molar-refractivity contribution in [2.45, 2.75) is 196 Å². The Morgan fingerprint density at radius 3 is 1.73 bits per heavy atom. The first-order valence-electron chi connectivity index (χ1n) is 34.6. The molecule has 0 spiro atoms. The van der Waals surface area contributed by atoms with Crippen LogP contribution in [-0.4, -0.2) is 198 Å². The van der Waals surface area contributed by atoms with Gasteiger partial charge in [0.2, 0.25) is 76.8 Å². The molecule has 32 heteroatoms. The van der Waals surface area contributed by atoms with Crippen LogP contribution in [0.3, 0.4) is 0 Å². The lowest BCUT2D eigenvalue weighted by Gasteiger charge is -2.32. The number of fused-ring (bicyclic) bond motifs is 2. The second-order valence-electron chi connectivity index (χ2n) is 26.4. The number of rotatable bonds is 41. The average Bonchev–Trinajstić information content (AvgIpc) is 1.67. The first-order valence-corrected chi connectivity index (χ1v) is 36.0. The third-order valence-corrected chi connectivity index (χ3v) is 18.9. The van der Waals surface area contributed by atoms with E-state index in [9.17, 15) is 52.7 Å². The molecule has 2 heterocycles. The van der Waals surface area contributed by atoms with Crippen LogP contribution in [0.25, 0.3) is 10.8 Å². The number of thioether (sulfide) groups is 1. The van der Waals surface area contributed by atoms with Crippen LogP contribution in [0.4, 0.5) is 0 Å². The van der Waals surface area contributed by atoms with Crippen molar-refractivity contribution < 1.29 is 62.3 Å². The van der Waals surface area contributed by atoms with E-state index in [1.807, 2.05) is 56.5 Å². The molecule has 0 saturated carbocycles. The van der Waals surface area contributed by atoms with Gasteiger partial charge in [0.1, 0.15) is 54.4 Å². The highest BCUT2D eigenvalue weighted by Gasteiger charge is 2.44. The van der Waals surface area contributed by atoms with Gasteiger partial charge in [-0.05, 0) is 148 Å². The zero-order valence-corrected chi connectivity index (χ0v) is 58.7. The van der Waals surface area contributed by atoms with E-state index in [1.165, 1.54) is 21.6 Å². The molecule has 2 aliphatic heterocycles. The molecule has 11 atom stereocenters. The summed E-state index contributed by atoms with van der Waals surface area (Å²) in [5.74, 6) is -10.5. The Kier molecular flexibility index (Phi) is 32.0. The van der Waals surface area contributed by atoms with Crippen molar-refractivity contribution in [1.29, 1.82) is 0 Å². The minimum atomic E-state index is -1.66. The van der Waals surface area contributed by atoms with E-state index >= 15 is 9.59 Å². The number of nitrogens with two attached hydrogens (primary N) is 7. The molecule has 6 rings (SSSR count). The molecule has 1 unspecified atom stereocenters. The summed E-state index contributed by atoms with van der Waals surface area (Å²) in [5.41, 5.74) is 42.0. The first-order chi connectivity index (χ1) is 48.2. The number of hydrogen-bond acceptors (Lipinski definition) is 17. The van der Waals surface area contributed by atoms with E-state index in [4.69, 9.17) is 40.1 Å². The maximum atomic E-state index is 15.3. The fourth-order valence-electron chi connectivity index (χ4n) is 13.0. The topological polar surface area (TPSA) is 519 Å². The summed E-state index contributed by atoms with van der Waals surface area (Å²) in [4.78, 5) is 188. The molecule has 0 bridgehead atoms. The monoisotopic (exact) mass is 1420 g/mol. The van der Waals surface area contributed by atoms with Crippen LogP contribution in [-0.2, 0) is 75.2 Å². The van der Waals surface area contributed by atoms with E-state index in [-0.39, 0.29) is 76.6 Å². The number of aliphatic imine (C=N–C) groups is 1.